The summed E-state index contributed by atoms with van der Waals surface area (Å²) in [5, 5.41) is 8.50. The Balaban J connectivity index is 2.38. The summed E-state index contributed by atoms with van der Waals surface area (Å²) >= 11 is 0. The van der Waals surface area contributed by atoms with Gasteiger partial charge in [-0.3, -0.25) is 0 Å². The highest BCUT2D eigenvalue weighted by molar-refractivity contribution is 5.88. The number of carbonyl (C=O) groups is 1. The molecule has 1 rings (SSSR count). The van der Waals surface area contributed by atoms with E-state index in [1.165, 1.54) is 0 Å². The average molecular weight is 232 g/mol. The number of rotatable bonds is 6. The molecular weight excluding hydrogens is 216 g/mol. The van der Waals surface area contributed by atoms with E-state index in [2.05, 4.69) is 6.58 Å². The van der Waals surface area contributed by atoms with Gasteiger partial charge in [-0.2, -0.15) is 0 Å². The minimum Gasteiger partial charge on any atom is -0.460 e. The van der Waals surface area contributed by atoms with Crippen LogP contribution in [0.5, 0.6) is 0 Å². The van der Waals surface area contributed by atoms with Crippen molar-refractivity contribution in [3.63, 3.8) is 0 Å². The van der Waals surface area contributed by atoms with Crippen LogP contribution in [-0.4, -0.2) is 24.3 Å². The lowest BCUT2D eigenvalue weighted by atomic mass is 10.1. The molecule has 3 heteroatoms. The van der Waals surface area contributed by atoms with Crippen molar-refractivity contribution in [1.82, 2.24) is 0 Å². The topological polar surface area (TPSA) is 46.5 Å². The fraction of sp³-hybridized carbons (Fsp3) is 0.214. The van der Waals surface area contributed by atoms with E-state index in [-0.39, 0.29) is 13.2 Å². The highest BCUT2D eigenvalue weighted by Gasteiger charge is 2.05. The first kappa shape index (κ1) is 13.2. The Morgan fingerprint density at radius 2 is 2.06 bits per heavy atom. The lowest BCUT2D eigenvalue weighted by Gasteiger charge is -2.02. The average Bonchev–Trinajstić information content (AvgIpc) is 2.37. The van der Waals surface area contributed by atoms with E-state index >= 15 is 0 Å². The molecule has 0 aliphatic rings. The first-order valence-corrected chi connectivity index (χ1v) is 5.41. The molecule has 1 aromatic carbocycles. The van der Waals surface area contributed by atoms with E-state index in [0.29, 0.717) is 12.0 Å². The summed E-state index contributed by atoms with van der Waals surface area (Å²) in [5.41, 5.74) is 1.45. The molecule has 1 N–H and O–H groups in total. The number of aliphatic hydroxyl groups excluding tert-OH is 1. The molecule has 0 aromatic heterocycles. The number of allylic oxidation sites excluding steroid dienone is 1. The summed E-state index contributed by atoms with van der Waals surface area (Å²) in [7, 11) is 0. The molecule has 0 radical (unpaired) electrons. The first-order valence-electron chi connectivity index (χ1n) is 5.41. The van der Waals surface area contributed by atoms with Crippen molar-refractivity contribution in [1.29, 1.82) is 0 Å². The Bertz CT molecular complexity index is 393. The van der Waals surface area contributed by atoms with E-state index in [9.17, 15) is 4.79 Å². The smallest absolute Gasteiger partial charge is 0.333 e. The Kier molecular flexibility index (Phi) is 5.75. The van der Waals surface area contributed by atoms with Gasteiger partial charge in [-0.1, -0.05) is 49.1 Å². The van der Waals surface area contributed by atoms with Crippen LogP contribution in [0, 0.1) is 0 Å². The van der Waals surface area contributed by atoms with Gasteiger partial charge in [0.25, 0.3) is 0 Å². The second kappa shape index (κ2) is 7.41. The van der Waals surface area contributed by atoms with Crippen LogP contribution in [0.4, 0.5) is 0 Å². The van der Waals surface area contributed by atoms with Crippen molar-refractivity contribution < 1.29 is 14.6 Å². The molecule has 0 atom stereocenters. The monoisotopic (exact) mass is 232 g/mol. The summed E-state index contributed by atoms with van der Waals surface area (Å²) < 4.78 is 4.73. The Morgan fingerprint density at radius 3 is 2.71 bits per heavy atom. The van der Waals surface area contributed by atoms with Gasteiger partial charge >= 0.3 is 5.97 Å². The van der Waals surface area contributed by atoms with E-state index < -0.39 is 5.97 Å². The molecular formula is C14H16O3. The fourth-order valence-corrected chi connectivity index (χ4v) is 1.23. The highest BCUT2D eigenvalue weighted by atomic mass is 16.5. The van der Waals surface area contributed by atoms with Gasteiger partial charge in [-0.15, -0.1) is 0 Å². The number of benzene rings is 1. The zero-order valence-corrected chi connectivity index (χ0v) is 9.63. The molecule has 0 unspecified atom stereocenters. The van der Waals surface area contributed by atoms with Gasteiger partial charge in [-0.25, -0.2) is 4.79 Å². The summed E-state index contributed by atoms with van der Waals surface area (Å²) in [4.78, 5) is 11.3. The minimum absolute atomic E-state index is 0.0141. The predicted molar refractivity (Wildman–Crippen MR) is 67.3 cm³/mol. The molecule has 0 aliphatic carbocycles. The molecule has 0 amide bonds. The summed E-state index contributed by atoms with van der Waals surface area (Å²) in [6.45, 7) is 3.48. The summed E-state index contributed by atoms with van der Waals surface area (Å²) in [5.74, 6) is -0.461. The van der Waals surface area contributed by atoms with Crippen LogP contribution in [0.25, 0.3) is 6.08 Å². The van der Waals surface area contributed by atoms with Gasteiger partial charge in [0.15, 0.2) is 0 Å². The third-order valence-corrected chi connectivity index (χ3v) is 2.09. The van der Waals surface area contributed by atoms with Crippen molar-refractivity contribution in [2.75, 3.05) is 13.2 Å². The van der Waals surface area contributed by atoms with Crippen molar-refractivity contribution in [3.8, 4) is 0 Å². The number of aliphatic hydroxyl groups is 1. The zero-order valence-electron chi connectivity index (χ0n) is 9.63. The van der Waals surface area contributed by atoms with Crippen LogP contribution < -0.4 is 0 Å². The minimum atomic E-state index is -0.461. The van der Waals surface area contributed by atoms with Gasteiger partial charge in [0.2, 0.25) is 0 Å². The van der Waals surface area contributed by atoms with Crippen LogP contribution in [0.15, 0.2) is 48.6 Å². The van der Waals surface area contributed by atoms with Crippen molar-refractivity contribution in [3.05, 3.63) is 54.1 Å². The number of hydrogen-bond donors (Lipinski definition) is 1. The maximum Gasteiger partial charge on any atom is 0.333 e. The van der Waals surface area contributed by atoms with Gasteiger partial charge in [0, 0.05) is 5.57 Å². The van der Waals surface area contributed by atoms with Gasteiger partial charge in [0.1, 0.15) is 6.61 Å². The third-order valence-electron chi connectivity index (χ3n) is 2.09. The lowest BCUT2D eigenvalue weighted by Crippen LogP contribution is -2.09. The Labute approximate surface area is 101 Å². The fourth-order valence-electron chi connectivity index (χ4n) is 1.23. The van der Waals surface area contributed by atoms with Crippen LogP contribution in [0.3, 0.4) is 0 Å². The van der Waals surface area contributed by atoms with Crippen LogP contribution in [0.1, 0.15) is 12.0 Å². The zero-order chi connectivity index (χ0) is 12.5. The van der Waals surface area contributed by atoms with Crippen LogP contribution >= 0.6 is 0 Å². The molecule has 17 heavy (non-hydrogen) atoms. The van der Waals surface area contributed by atoms with Gasteiger partial charge < -0.3 is 9.84 Å². The van der Waals surface area contributed by atoms with E-state index in [1.807, 2.05) is 42.5 Å². The van der Waals surface area contributed by atoms with Crippen LogP contribution in [-0.2, 0) is 9.53 Å². The van der Waals surface area contributed by atoms with Crippen molar-refractivity contribution in [2.24, 2.45) is 0 Å². The molecule has 0 saturated heterocycles. The van der Waals surface area contributed by atoms with Crippen LogP contribution in [0.2, 0.25) is 0 Å². The number of esters is 1. The second-order valence-corrected chi connectivity index (χ2v) is 3.48. The van der Waals surface area contributed by atoms with Crippen molar-refractivity contribution in [2.45, 2.75) is 6.42 Å². The molecule has 0 fully saturated rings. The summed E-state index contributed by atoms with van der Waals surface area (Å²) in [6.07, 6.45) is 4.22. The molecule has 3 nitrogen and oxygen atoms in total. The van der Waals surface area contributed by atoms with E-state index in [4.69, 9.17) is 9.84 Å². The number of hydrogen-bond acceptors (Lipinski definition) is 3. The maximum atomic E-state index is 11.3. The highest BCUT2D eigenvalue weighted by Crippen LogP contribution is 2.06. The maximum absolute atomic E-state index is 11.3. The number of ether oxygens (including phenoxy) is 1. The Morgan fingerprint density at radius 1 is 1.35 bits per heavy atom. The second-order valence-electron chi connectivity index (χ2n) is 3.48. The third kappa shape index (κ3) is 5.13. The predicted octanol–water partition coefficient (Wildman–Crippen LogP) is 2.18. The Hall–Kier alpha value is -1.87. The largest absolute Gasteiger partial charge is 0.460 e. The standard InChI is InChI=1S/C14H16O3/c1-12(14(16)17-11-10-15)6-5-9-13-7-3-2-4-8-13/h2-5,7-9,15H,1,6,10-11H2. The van der Waals surface area contributed by atoms with Crippen molar-refractivity contribution >= 4 is 12.0 Å². The molecule has 0 aliphatic heterocycles. The molecule has 0 heterocycles. The molecule has 0 saturated carbocycles. The number of carbonyl (C=O) groups excluding carboxylic acids is 1. The quantitative estimate of drug-likeness (QED) is 0.604. The molecule has 0 spiro atoms. The summed E-state index contributed by atoms with van der Waals surface area (Å²) in [6, 6.07) is 9.79. The SMILES string of the molecule is C=C(CC=Cc1ccccc1)C(=O)OCCO. The lowest BCUT2D eigenvalue weighted by molar-refractivity contribution is -0.140. The molecule has 1 aromatic rings. The van der Waals surface area contributed by atoms with Gasteiger partial charge in [0.05, 0.1) is 6.61 Å². The van der Waals surface area contributed by atoms with Gasteiger partial charge in [-0.05, 0) is 12.0 Å². The van der Waals surface area contributed by atoms with E-state index in [1.54, 1.807) is 0 Å². The van der Waals surface area contributed by atoms with E-state index in [0.717, 1.165) is 5.56 Å². The first-order chi connectivity index (χ1) is 8.24. The molecule has 0 bridgehead atoms. The molecule has 90 valence electrons. The normalized spacial score (nSPS) is 10.4.